The Bertz CT molecular complexity index is 635. The van der Waals surface area contributed by atoms with Crippen molar-refractivity contribution >= 4 is 24.0 Å². The van der Waals surface area contributed by atoms with Crippen molar-refractivity contribution in [3.8, 4) is 0 Å². The lowest BCUT2D eigenvalue weighted by molar-refractivity contribution is -0.143. The molecule has 1 aromatic carbocycles. The van der Waals surface area contributed by atoms with E-state index in [1.54, 1.807) is 26.8 Å². The molecule has 7 nitrogen and oxygen atoms in total. The van der Waals surface area contributed by atoms with Crippen LogP contribution in [0.3, 0.4) is 0 Å². The predicted octanol–water partition coefficient (Wildman–Crippen LogP) is 2.18. The Balaban J connectivity index is 2.99. The van der Waals surface area contributed by atoms with E-state index >= 15 is 0 Å². The number of nitrogens with two attached hydrogens (primary N) is 1. The first kappa shape index (κ1) is 19.5. The molecule has 7 heteroatoms. The smallest absolute Gasteiger partial charge is 0.408 e. The van der Waals surface area contributed by atoms with Crippen LogP contribution < -0.4 is 11.1 Å². The van der Waals surface area contributed by atoms with Crippen molar-refractivity contribution in [3.63, 3.8) is 0 Å². The minimum absolute atomic E-state index is 0.202. The summed E-state index contributed by atoms with van der Waals surface area (Å²) in [4.78, 5) is 23.9. The second kappa shape index (κ2) is 7.81. The number of carbonyl (C=O) groups is 2. The van der Waals surface area contributed by atoms with Crippen molar-refractivity contribution < 1.29 is 19.1 Å². The van der Waals surface area contributed by atoms with Crippen LogP contribution in [0, 0.1) is 12.3 Å². The van der Waals surface area contributed by atoms with E-state index in [1.165, 1.54) is 7.11 Å². The molecule has 1 aromatic rings. The maximum Gasteiger partial charge on any atom is 0.408 e. The third-order valence-corrected chi connectivity index (χ3v) is 3.25. The Hall–Kier alpha value is -2.57. The molecule has 1 amide bonds. The maximum atomic E-state index is 12.0. The number of esters is 1. The fraction of sp³-hybridized carbons (Fsp3) is 0.471. The van der Waals surface area contributed by atoms with Crippen LogP contribution in [-0.2, 0) is 20.7 Å². The molecule has 0 saturated heterocycles. The van der Waals surface area contributed by atoms with E-state index in [2.05, 4.69) is 5.32 Å². The van der Waals surface area contributed by atoms with Gasteiger partial charge in [0, 0.05) is 23.9 Å². The molecule has 1 atom stereocenters. The van der Waals surface area contributed by atoms with Crippen LogP contribution in [0.2, 0.25) is 0 Å². The summed E-state index contributed by atoms with van der Waals surface area (Å²) in [6.45, 7) is 7.03. The highest BCUT2D eigenvalue weighted by Crippen LogP contribution is 2.19. The minimum atomic E-state index is -0.897. The Kier molecular flexibility index (Phi) is 6.34. The Morgan fingerprint density at radius 1 is 1.38 bits per heavy atom. The van der Waals surface area contributed by atoms with Crippen molar-refractivity contribution in [1.82, 2.24) is 5.32 Å². The Morgan fingerprint density at radius 2 is 2.00 bits per heavy atom. The van der Waals surface area contributed by atoms with E-state index in [4.69, 9.17) is 20.6 Å². The standard InChI is InChI=1S/C17H25N3O4/c1-10-6-11(7-12(9-18)14(10)19)8-13(15(21)23-5)20-16(22)24-17(2,3)4/h6-7,9,13,18H,8,19H2,1-5H3,(H,20,22). The van der Waals surface area contributed by atoms with Crippen molar-refractivity contribution in [2.75, 3.05) is 12.8 Å². The number of ether oxygens (including phenoxy) is 2. The number of nitrogens with one attached hydrogen (secondary N) is 2. The van der Waals surface area contributed by atoms with E-state index < -0.39 is 23.7 Å². The molecule has 4 N–H and O–H groups in total. The van der Waals surface area contributed by atoms with Gasteiger partial charge in [0.2, 0.25) is 0 Å². The van der Waals surface area contributed by atoms with Gasteiger partial charge in [0.25, 0.3) is 0 Å². The molecule has 0 saturated carbocycles. The van der Waals surface area contributed by atoms with Crippen molar-refractivity contribution in [3.05, 3.63) is 28.8 Å². The number of anilines is 1. The third-order valence-electron chi connectivity index (χ3n) is 3.25. The minimum Gasteiger partial charge on any atom is -0.467 e. The monoisotopic (exact) mass is 335 g/mol. The summed E-state index contributed by atoms with van der Waals surface area (Å²) < 4.78 is 9.92. The Morgan fingerprint density at radius 3 is 2.50 bits per heavy atom. The van der Waals surface area contributed by atoms with Gasteiger partial charge in [-0.15, -0.1) is 0 Å². The molecule has 0 fully saturated rings. The zero-order valence-electron chi connectivity index (χ0n) is 14.7. The number of alkyl carbamates (subject to hydrolysis) is 1. The molecule has 0 aliphatic heterocycles. The molecule has 1 unspecified atom stereocenters. The van der Waals surface area contributed by atoms with Crippen LogP contribution >= 0.6 is 0 Å². The van der Waals surface area contributed by atoms with Crippen LogP contribution in [-0.4, -0.2) is 37.0 Å². The topological polar surface area (TPSA) is 115 Å². The van der Waals surface area contributed by atoms with Gasteiger partial charge in [-0.05, 0) is 44.9 Å². The number of rotatable bonds is 5. The first-order chi connectivity index (χ1) is 11.1. The predicted molar refractivity (Wildman–Crippen MR) is 92.4 cm³/mol. The lowest BCUT2D eigenvalue weighted by Gasteiger charge is -2.23. The fourth-order valence-corrected chi connectivity index (χ4v) is 2.16. The van der Waals surface area contributed by atoms with Crippen LogP contribution in [0.25, 0.3) is 0 Å². The average molecular weight is 335 g/mol. The van der Waals surface area contributed by atoms with E-state index in [0.717, 1.165) is 17.3 Å². The molecule has 0 aliphatic rings. The first-order valence-corrected chi connectivity index (χ1v) is 7.54. The molecule has 0 aromatic heterocycles. The molecule has 132 valence electrons. The lowest BCUT2D eigenvalue weighted by Crippen LogP contribution is -2.45. The maximum absolute atomic E-state index is 12.0. The zero-order chi connectivity index (χ0) is 18.5. The second-order valence-corrected chi connectivity index (χ2v) is 6.49. The quantitative estimate of drug-likeness (QED) is 0.433. The number of nitrogen functional groups attached to an aromatic ring is 1. The van der Waals surface area contributed by atoms with Gasteiger partial charge in [-0.3, -0.25) is 0 Å². The summed E-state index contributed by atoms with van der Waals surface area (Å²) in [6.07, 6.45) is 0.658. The van der Waals surface area contributed by atoms with Gasteiger partial charge >= 0.3 is 12.1 Å². The van der Waals surface area contributed by atoms with Crippen LogP contribution in [0.15, 0.2) is 12.1 Å². The number of hydrogen-bond donors (Lipinski definition) is 3. The van der Waals surface area contributed by atoms with Crippen LogP contribution in [0.4, 0.5) is 10.5 Å². The van der Waals surface area contributed by atoms with Crippen molar-refractivity contribution in [1.29, 1.82) is 5.41 Å². The summed E-state index contributed by atoms with van der Waals surface area (Å²) in [5, 5.41) is 9.93. The second-order valence-electron chi connectivity index (χ2n) is 6.49. The molecule has 24 heavy (non-hydrogen) atoms. The molecule has 0 aliphatic carbocycles. The first-order valence-electron chi connectivity index (χ1n) is 7.54. The van der Waals surface area contributed by atoms with Gasteiger partial charge in [0.1, 0.15) is 11.6 Å². The highest BCUT2D eigenvalue weighted by Gasteiger charge is 2.25. The number of methoxy groups -OCH3 is 1. The SMILES string of the molecule is COC(=O)C(Cc1cc(C)c(N)c(C=N)c1)NC(=O)OC(C)(C)C. The summed E-state index contributed by atoms with van der Waals surface area (Å²) in [5.41, 5.74) is 7.86. The highest BCUT2D eigenvalue weighted by atomic mass is 16.6. The number of hydrogen-bond acceptors (Lipinski definition) is 6. The summed E-state index contributed by atoms with van der Waals surface area (Å²) >= 11 is 0. The lowest BCUT2D eigenvalue weighted by atomic mass is 9.99. The average Bonchev–Trinajstić information content (AvgIpc) is 2.47. The van der Waals surface area contributed by atoms with Gasteiger partial charge in [0.05, 0.1) is 7.11 Å². The Labute approximate surface area is 142 Å². The van der Waals surface area contributed by atoms with Crippen LogP contribution in [0.5, 0.6) is 0 Å². The highest BCUT2D eigenvalue weighted by molar-refractivity contribution is 5.87. The van der Waals surface area contributed by atoms with Crippen molar-refractivity contribution in [2.45, 2.75) is 45.8 Å². The molecule has 0 bridgehead atoms. The third kappa shape index (κ3) is 5.57. The molecular weight excluding hydrogens is 310 g/mol. The molecule has 1 rings (SSSR count). The fourth-order valence-electron chi connectivity index (χ4n) is 2.16. The van der Waals surface area contributed by atoms with Gasteiger partial charge in [-0.25, -0.2) is 9.59 Å². The van der Waals surface area contributed by atoms with Gasteiger partial charge in [-0.2, -0.15) is 0 Å². The number of benzene rings is 1. The normalized spacial score (nSPS) is 12.2. The molecule has 0 heterocycles. The van der Waals surface area contributed by atoms with Gasteiger partial charge in [0.15, 0.2) is 0 Å². The van der Waals surface area contributed by atoms with Crippen molar-refractivity contribution in [2.24, 2.45) is 0 Å². The molecule has 0 radical (unpaired) electrons. The molecular formula is C17H25N3O4. The number of aryl methyl sites for hydroxylation is 1. The van der Waals surface area contributed by atoms with E-state index in [1.807, 2.05) is 13.0 Å². The van der Waals surface area contributed by atoms with Crippen LogP contribution in [0.1, 0.15) is 37.5 Å². The van der Waals surface area contributed by atoms with E-state index in [9.17, 15) is 9.59 Å². The summed E-state index contributed by atoms with van der Waals surface area (Å²) in [7, 11) is 1.25. The summed E-state index contributed by atoms with van der Waals surface area (Å²) in [5.74, 6) is -0.577. The molecule has 0 spiro atoms. The number of amides is 1. The van der Waals surface area contributed by atoms with Gasteiger partial charge in [-0.1, -0.05) is 6.07 Å². The summed E-state index contributed by atoms with van der Waals surface area (Å²) in [6, 6.07) is 2.63. The van der Waals surface area contributed by atoms with Gasteiger partial charge < -0.3 is 25.9 Å². The number of carbonyl (C=O) groups excluding carboxylic acids is 2. The van der Waals surface area contributed by atoms with E-state index in [0.29, 0.717) is 11.3 Å². The van der Waals surface area contributed by atoms with E-state index in [-0.39, 0.29) is 6.42 Å². The largest absolute Gasteiger partial charge is 0.467 e. The zero-order valence-corrected chi connectivity index (χ0v) is 14.7.